The standard InChI is InChI=1S/C28H39N3O4S/c1-5-31(6-2)36(33,34)24-13-15-26-23(18-24)12-14-27(35-26)28(32)29(4)25(22-10-8-7-9-11-22)20-30-17-16-21(3)19-30/h7-11,13,15,18,21,25,27H,5-6,12,14,16-17,19-20H2,1-4H3/t21-,25+,27-/m0/s1. The predicted molar refractivity (Wildman–Crippen MR) is 141 cm³/mol. The highest BCUT2D eigenvalue weighted by Crippen LogP contribution is 2.33. The molecule has 3 atom stereocenters. The summed E-state index contributed by atoms with van der Waals surface area (Å²) in [5, 5.41) is 0. The summed E-state index contributed by atoms with van der Waals surface area (Å²) in [4.78, 5) is 18.2. The Balaban J connectivity index is 1.50. The second-order valence-electron chi connectivity index (χ2n) is 10.0. The fourth-order valence-electron chi connectivity index (χ4n) is 5.36. The molecule has 0 spiro atoms. The lowest BCUT2D eigenvalue weighted by atomic mass is 10.00. The molecule has 0 radical (unpaired) electrons. The van der Waals surface area contributed by atoms with Gasteiger partial charge in [-0.1, -0.05) is 51.1 Å². The third-order valence-electron chi connectivity index (χ3n) is 7.53. The fraction of sp³-hybridized carbons (Fsp3) is 0.536. The average Bonchev–Trinajstić information content (AvgIpc) is 3.31. The first-order chi connectivity index (χ1) is 17.2. The van der Waals surface area contributed by atoms with Crippen LogP contribution in [-0.2, 0) is 21.2 Å². The molecule has 4 rings (SSSR count). The van der Waals surface area contributed by atoms with E-state index >= 15 is 0 Å². The lowest BCUT2D eigenvalue weighted by Crippen LogP contribution is -2.46. The summed E-state index contributed by atoms with van der Waals surface area (Å²) in [6, 6.07) is 15.1. The number of sulfonamides is 1. The number of hydrogen-bond donors (Lipinski definition) is 0. The van der Waals surface area contributed by atoms with Crippen molar-refractivity contribution < 1.29 is 17.9 Å². The Hall–Kier alpha value is -2.42. The van der Waals surface area contributed by atoms with Crippen LogP contribution < -0.4 is 4.74 Å². The van der Waals surface area contributed by atoms with Gasteiger partial charge in [-0.15, -0.1) is 0 Å². The van der Waals surface area contributed by atoms with Crippen LogP contribution in [0.1, 0.15) is 50.8 Å². The number of carbonyl (C=O) groups is 1. The number of fused-ring (bicyclic) bond motifs is 1. The Morgan fingerprint density at radius 2 is 1.83 bits per heavy atom. The third-order valence-corrected chi connectivity index (χ3v) is 9.58. The highest BCUT2D eigenvalue weighted by Gasteiger charge is 2.34. The normalized spacial score (nSPS) is 21.1. The number of carbonyl (C=O) groups excluding carboxylic acids is 1. The number of aryl methyl sites for hydroxylation is 1. The molecule has 2 aromatic rings. The van der Waals surface area contributed by atoms with Crippen molar-refractivity contribution in [2.45, 2.75) is 57.1 Å². The summed E-state index contributed by atoms with van der Waals surface area (Å²) in [6.45, 7) is 9.70. The molecule has 1 fully saturated rings. The van der Waals surface area contributed by atoms with Crippen LogP contribution in [0.5, 0.6) is 5.75 Å². The van der Waals surface area contributed by atoms with Gasteiger partial charge in [0, 0.05) is 33.2 Å². The van der Waals surface area contributed by atoms with E-state index in [2.05, 4.69) is 24.0 Å². The van der Waals surface area contributed by atoms with Crippen LogP contribution in [0.4, 0.5) is 0 Å². The number of nitrogens with zero attached hydrogens (tertiary/aromatic N) is 3. The molecule has 0 bridgehead atoms. The Bertz CT molecular complexity index is 1150. The topological polar surface area (TPSA) is 70.2 Å². The maximum Gasteiger partial charge on any atom is 0.263 e. The van der Waals surface area contributed by atoms with Gasteiger partial charge < -0.3 is 14.5 Å². The Morgan fingerprint density at radius 1 is 1.11 bits per heavy atom. The van der Waals surface area contributed by atoms with Crippen molar-refractivity contribution in [1.82, 2.24) is 14.1 Å². The minimum Gasteiger partial charge on any atom is -0.480 e. The molecule has 36 heavy (non-hydrogen) atoms. The van der Waals surface area contributed by atoms with Gasteiger partial charge in [0.15, 0.2) is 6.10 Å². The number of rotatable bonds is 9. The highest BCUT2D eigenvalue weighted by molar-refractivity contribution is 7.89. The van der Waals surface area contributed by atoms with Gasteiger partial charge in [0.25, 0.3) is 5.91 Å². The SMILES string of the molecule is CCN(CC)S(=O)(=O)c1ccc2c(c1)CC[C@@H](C(=O)N(C)[C@H](CN1CC[C@H](C)C1)c1ccccc1)O2. The number of hydrogen-bond acceptors (Lipinski definition) is 5. The van der Waals surface area contributed by atoms with Crippen LogP contribution in [0.3, 0.4) is 0 Å². The molecule has 0 aromatic heterocycles. The molecule has 2 aliphatic rings. The van der Waals surface area contributed by atoms with Crippen LogP contribution in [0, 0.1) is 5.92 Å². The summed E-state index contributed by atoms with van der Waals surface area (Å²) in [5.41, 5.74) is 1.95. The third kappa shape index (κ3) is 5.61. The Morgan fingerprint density at radius 3 is 2.47 bits per heavy atom. The van der Waals surface area contributed by atoms with Gasteiger partial charge in [0.05, 0.1) is 10.9 Å². The summed E-state index contributed by atoms with van der Waals surface area (Å²) in [6.07, 6.45) is 1.72. The fourth-order valence-corrected chi connectivity index (χ4v) is 6.87. The first-order valence-corrected chi connectivity index (χ1v) is 14.5. The molecule has 2 heterocycles. The van der Waals surface area contributed by atoms with Crippen molar-refractivity contribution in [1.29, 1.82) is 0 Å². The number of ether oxygens (including phenoxy) is 1. The average molecular weight is 514 g/mol. The second-order valence-corrected chi connectivity index (χ2v) is 12.0. The number of benzene rings is 2. The van der Waals surface area contributed by atoms with E-state index in [4.69, 9.17) is 4.74 Å². The van der Waals surface area contributed by atoms with Crippen molar-refractivity contribution >= 4 is 15.9 Å². The van der Waals surface area contributed by atoms with E-state index < -0.39 is 16.1 Å². The molecule has 1 saturated heterocycles. The molecule has 1 amide bonds. The van der Waals surface area contributed by atoms with Crippen LogP contribution in [0.15, 0.2) is 53.4 Å². The van der Waals surface area contributed by atoms with Crippen molar-refractivity contribution in [3.05, 3.63) is 59.7 Å². The van der Waals surface area contributed by atoms with Crippen LogP contribution in [0.25, 0.3) is 0 Å². The van der Waals surface area contributed by atoms with Gasteiger partial charge in [-0.05, 0) is 61.1 Å². The quantitative estimate of drug-likeness (QED) is 0.508. The van der Waals surface area contributed by atoms with Gasteiger partial charge in [-0.3, -0.25) is 4.79 Å². The monoisotopic (exact) mass is 513 g/mol. The zero-order valence-corrected chi connectivity index (χ0v) is 22.7. The summed E-state index contributed by atoms with van der Waals surface area (Å²) in [5.74, 6) is 1.23. The Kier molecular flexibility index (Phi) is 8.37. The molecule has 8 heteroatoms. The lowest BCUT2D eigenvalue weighted by Gasteiger charge is -2.35. The van der Waals surface area contributed by atoms with Gasteiger partial charge in [-0.25, -0.2) is 8.42 Å². The summed E-state index contributed by atoms with van der Waals surface area (Å²) >= 11 is 0. The van der Waals surface area contributed by atoms with E-state index in [1.165, 1.54) is 10.7 Å². The molecule has 0 N–H and O–H groups in total. The van der Waals surface area contributed by atoms with E-state index in [-0.39, 0.29) is 16.8 Å². The molecular weight excluding hydrogens is 474 g/mol. The molecule has 0 unspecified atom stereocenters. The van der Waals surface area contributed by atoms with E-state index in [1.54, 1.807) is 18.2 Å². The van der Waals surface area contributed by atoms with Crippen molar-refractivity contribution in [3.8, 4) is 5.75 Å². The minimum atomic E-state index is -3.54. The van der Waals surface area contributed by atoms with Gasteiger partial charge in [0.1, 0.15) is 5.75 Å². The van der Waals surface area contributed by atoms with Gasteiger partial charge >= 0.3 is 0 Å². The maximum atomic E-state index is 13.6. The lowest BCUT2D eigenvalue weighted by molar-refractivity contribution is -0.140. The first kappa shape index (κ1) is 26.6. The molecule has 2 aromatic carbocycles. The number of amides is 1. The molecule has 0 saturated carbocycles. The predicted octanol–water partition coefficient (Wildman–Crippen LogP) is 3.95. The van der Waals surface area contributed by atoms with E-state index in [9.17, 15) is 13.2 Å². The van der Waals surface area contributed by atoms with Gasteiger partial charge in [0.2, 0.25) is 10.0 Å². The van der Waals surface area contributed by atoms with Crippen LogP contribution >= 0.6 is 0 Å². The maximum absolute atomic E-state index is 13.6. The molecule has 0 aliphatic carbocycles. The number of likely N-dealkylation sites (tertiary alicyclic amines) is 1. The second kappa shape index (κ2) is 11.3. The van der Waals surface area contributed by atoms with E-state index in [1.807, 2.05) is 44.0 Å². The summed E-state index contributed by atoms with van der Waals surface area (Å²) < 4.78 is 33.5. The summed E-state index contributed by atoms with van der Waals surface area (Å²) in [7, 11) is -1.66. The molecule has 2 aliphatic heterocycles. The van der Waals surface area contributed by atoms with Crippen LogP contribution in [-0.4, -0.2) is 74.3 Å². The minimum absolute atomic E-state index is 0.0402. The molecule has 196 valence electrons. The zero-order valence-electron chi connectivity index (χ0n) is 21.9. The van der Waals surface area contributed by atoms with Crippen LogP contribution in [0.2, 0.25) is 0 Å². The first-order valence-electron chi connectivity index (χ1n) is 13.1. The van der Waals surface area contributed by atoms with Gasteiger partial charge in [-0.2, -0.15) is 4.31 Å². The van der Waals surface area contributed by atoms with Crippen molar-refractivity contribution in [2.24, 2.45) is 5.92 Å². The highest BCUT2D eigenvalue weighted by atomic mass is 32.2. The van der Waals surface area contributed by atoms with E-state index in [0.29, 0.717) is 37.6 Å². The smallest absolute Gasteiger partial charge is 0.263 e. The Labute approximate surface area is 216 Å². The molecular formula is C28H39N3O4S. The largest absolute Gasteiger partial charge is 0.480 e. The zero-order chi connectivity index (χ0) is 25.9. The van der Waals surface area contributed by atoms with Crippen molar-refractivity contribution in [3.63, 3.8) is 0 Å². The van der Waals surface area contributed by atoms with E-state index in [0.717, 1.165) is 30.8 Å². The van der Waals surface area contributed by atoms with Crippen molar-refractivity contribution in [2.75, 3.05) is 39.8 Å². The molecule has 7 nitrogen and oxygen atoms in total. The number of likely N-dealkylation sites (N-methyl/N-ethyl adjacent to an activating group) is 1.